The molecule has 2 fully saturated rings. The lowest BCUT2D eigenvalue weighted by Crippen LogP contribution is -2.49. The van der Waals surface area contributed by atoms with Gasteiger partial charge < -0.3 is 14.6 Å². The van der Waals surface area contributed by atoms with E-state index in [-0.39, 0.29) is 10.5 Å². The number of hydrogen-bond acceptors (Lipinski definition) is 6. The minimum absolute atomic E-state index is 0.0898. The topological polar surface area (TPSA) is 38.7 Å². The van der Waals surface area contributed by atoms with Gasteiger partial charge in [0.2, 0.25) is 0 Å². The van der Waals surface area contributed by atoms with E-state index < -0.39 is 12.4 Å². The molecule has 0 unspecified atom stereocenters. The van der Waals surface area contributed by atoms with Crippen molar-refractivity contribution in [3.05, 3.63) is 35.9 Å². The molecule has 1 aromatic carbocycles. The fourth-order valence-electron chi connectivity index (χ4n) is 2.17. The Kier molecular flexibility index (Phi) is 4.46. The van der Waals surface area contributed by atoms with Crippen LogP contribution in [0, 0.1) is 0 Å². The average molecular weight is 314 g/mol. The van der Waals surface area contributed by atoms with Gasteiger partial charge in [0.15, 0.2) is 6.29 Å². The number of thioether (sulfide) groups is 2. The molecule has 2 aliphatic heterocycles. The van der Waals surface area contributed by atoms with Gasteiger partial charge in [-0.05, 0) is 5.56 Å². The predicted molar refractivity (Wildman–Crippen MR) is 82.3 cm³/mol. The van der Waals surface area contributed by atoms with Crippen LogP contribution < -0.4 is 0 Å². The number of benzene rings is 1. The molecule has 2 heterocycles. The van der Waals surface area contributed by atoms with Crippen molar-refractivity contribution < 1.29 is 14.6 Å². The summed E-state index contributed by atoms with van der Waals surface area (Å²) in [4.78, 5) is 0. The second-order valence-electron chi connectivity index (χ2n) is 4.48. The highest BCUT2D eigenvalue weighted by atomic mass is 32.2. The highest BCUT2D eigenvalue weighted by Crippen LogP contribution is 2.44. The molecule has 2 saturated heterocycles. The smallest absolute Gasteiger partial charge is 0.184 e. The first-order valence-corrected chi connectivity index (χ1v) is 8.23. The average Bonchev–Trinajstić information content (AvgIpc) is 2.81. The molecule has 0 aromatic heterocycles. The maximum Gasteiger partial charge on any atom is 0.184 e. The molecule has 0 aliphatic carbocycles. The van der Waals surface area contributed by atoms with Gasteiger partial charge in [-0.2, -0.15) is 0 Å². The summed E-state index contributed by atoms with van der Waals surface area (Å²) >= 11 is 8.38. The summed E-state index contributed by atoms with van der Waals surface area (Å²) in [5.74, 6) is 0. The summed E-state index contributed by atoms with van der Waals surface area (Å²) in [5.41, 5.74) is 1.07. The van der Waals surface area contributed by atoms with E-state index in [0.717, 1.165) is 9.09 Å². The zero-order valence-corrected chi connectivity index (χ0v) is 12.5. The van der Waals surface area contributed by atoms with Crippen LogP contribution in [-0.4, -0.2) is 38.1 Å². The highest BCUT2D eigenvalue weighted by Gasteiger charge is 2.45. The molecule has 0 bridgehead atoms. The molecule has 0 amide bonds. The molecule has 1 N–H and O–H groups in total. The summed E-state index contributed by atoms with van der Waals surface area (Å²) in [6, 6.07) is 9.89. The van der Waals surface area contributed by atoms with Gasteiger partial charge in [0.25, 0.3) is 0 Å². The maximum absolute atomic E-state index is 10.3. The van der Waals surface area contributed by atoms with E-state index in [9.17, 15) is 5.11 Å². The summed E-state index contributed by atoms with van der Waals surface area (Å²) < 4.78 is 12.2. The van der Waals surface area contributed by atoms with Gasteiger partial charge >= 0.3 is 0 Å². The summed E-state index contributed by atoms with van der Waals surface area (Å²) in [5, 5.41) is 10.6. The van der Waals surface area contributed by atoms with Crippen LogP contribution in [0.15, 0.2) is 30.3 Å². The maximum atomic E-state index is 10.3. The van der Waals surface area contributed by atoms with Gasteiger partial charge in [0, 0.05) is 5.25 Å². The third-order valence-corrected chi connectivity index (χ3v) is 6.47. The van der Waals surface area contributed by atoms with E-state index >= 15 is 0 Å². The first kappa shape index (κ1) is 13.9. The van der Waals surface area contributed by atoms with E-state index in [0.29, 0.717) is 13.2 Å². The molecule has 3 rings (SSSR count). The molecule has 0 spiro atoms. The minimum Gasteiger partial charge on any atom is -0.387 e. The summed E-state index contributed by atoms with van der Waals surface area (Å²) in [6.07, 6.45) is -1.18. The normalized spacial score (nSPS) is 34.3. The Bertz CT molecular complexity index is 454. The van der Waals surface area contributed by atoms with Crippen LogP contribution in [0.2, 0.25) is 0 Å². The number of aliphatic hydroxyl groups excluding tert-OH is 1. The minimum atomic E-state index is -0.625. The van der Waals surface area contributed by atoms with Crippen molar-refractivity contribution in [3.8, 4) is 0 Å². The SMILES string of the molecule is O[C@H]1[C@@H](OCc2ccccc2)OC[C@@H]2SC(=S)S[C@H]12. The van der Waals surface area contributed by atoms with E-state index in [2.05, 4.69) is 0 Å². The summed E-state index contributed by atoms with van der Waals surface area (Å²) in [7, 11) is 0. The number of aliphatic hydroxyl groups is 1. The van der Waals surface area contributed by atoms with Crippen molar-refractivity contribution >= 4 is 39.3 Å². The molecule has 1 aromatic rings. The first-order chi connectivity index (χ1) is 9.24. The van der Waals surface area contributed by atoms with Crippen molar-refractivity contribution in [1.29, 1.82) is 0 Å². The molecule has 0 radical (unpaired) electrons. The third kappa shape index (κ3) is 3.15. The van der Waals surface area contributed by atoms with Crippen molar-refractivity contribution in [1.82, 2.24) is 0 Å². The van der Waals surface area contributed by atoms with E-state index in [1.807, 2.05) is 30.3 Å². The predicted octanol–water partition coefficient (Wildman–Crippen LogP) is 2.42. The van der Waals surface area contributed by atoms with Gasteiger partial charge in [-0.25, -0.2) is 0 Å². The van der Waals surface area contributed by atoms with E-state index in [4.69, 9.17) is 21.7 Å². The Morgan fingerprint density at radius 1 is 1.32 bits per heavy atom. The molecule has 4 atom stereocenters. The van der Waals surface area contributed by atoms with Gasteiger partial charge in [-0.15, -0.1) is 23.5 Å². The van der Waals surface area contributed by atoms with Crippen LogP contribution in [0.1, 0.15) is 5.56 Å². The summed E-state index contributed by atoms with van der Waals surface area (Å²) in [6.45, 7) is 1.03. The molecular formula is C13H14O3S3. The second kappa shape index (κ2) is 6.11. The second-order valence-corrected chi connectivity index (χ2v) is 8.10. The quantitative estimate of drug-likeness (QED) is 0.864. The van der Waals surface area contributed by atoms with E-state index in [1.165, 1.54) is 0 Å². The Labute approximate surface area is 126 Å². The molecule has 6 heteroatoms. The fraction of sp³-hybridized carbons (Fsp3) is 0.462. The largest absolute Gasteiger partial charge is 0.387 e. The van der Waals surface area contributed by atoms with Crippen LogP contribution in [0.25, 0.3) is 0 Å². The third-order valence-electron chi connectivity index (χ3n) is 3.14. The Balaban J connectivity index is 1.59. The molecule has 0 saturated carbocycles. The van der Waals surface area contributed by atoms with Crippen LogP contribution in [-0.2, 0) is 16.1 Å². The van der Waals surface area contributed by atoms with Crippen LogP contribution in [0.5, 0.6) is 0 Å². The lowest BCUT2D eigenvalue weighted by Gasteiger charge is -2.35. The number of ether oxygens (including phenoxy) is 2. The van der Waals surface area contributed by atoms with E-state index in [1.54, 1.807) is 23.5 Å². The molecule has 19 heavy (non-hydrogen) atoms. The monoisotopic (exact) mass is 314 g/mol. The number of rotatable bonds is 3. The zero-order chi connectivity index (χ0) is 13.2. The first-order valence-electron chi connectivity index (χ1n) is 6.06. The van der Waals surface area contributed by atoms with Crippen LogP contribution >= 0.6 is 35.7 Å². The van der Waals surface area contributed by atoms with Gasteiger partial charge in [0.05, 0.1) is 18.5 Å². The van der Waals surface area contributed by atoms with Crippen LogP contribution in [0.3, 0.4) is 0 Å². The van der Waals surface area contributed by atoms with Crippen LogP contribution in [0.4, 0.5) is 0 Å². The fourth-order valence-corrected chi connectivity index (χ4v) is 5.54. The standard InChI is InChI=1S/C13H14O3S3/c14-10-11-9(18-13(17)19-11)7-16-12(10)15-6-8-4-2-1-3-5-8/h1-5,9-12,14H,6-7H2/t9-,10+,11-,12-/m0/s1. The van der Waals surface area contributed by atoms with Crippen molar-refractivity contribution in [3.63, 3.8) is 0 Å². The highest BCUT2D eigenvalue weighted by molar-refractivity contribution is 8.49. The van der Waals surface area contributed by atoms with Crippen molar-refractivity contribution in [2.45, 2.75) is 29.5 Å². The lowest BCUT2D eigenvalue weighted by molar-refractivity contribution is -0.215. The lowest BCUT2D eigenvalue weighted by atomic mass is 10.1. The van der Waals surface area contributed by atoms with Gasteiger partial charge in [-0.3, -0.25) is 0 Å². The van der Waals surface area contributed by atoms with Gasteiger partial charge in [-0.1, -0.05) is 42.5 Å². The molecule has 2 aliphatic rings. The molecule has 102 valence electrons. The van der Waals surface area contributed by atoms with Crippen molar-refractivity contribution in [2.24, 2.45) is 0 Å². The Hall–Kier alpha value is -0.110. The Morgan fingerprint density at radius 3 is 2.89 bits per heavy atom. The zero-order valence-electron chi connectivity index (χ0n) is 10.1. The van der Waals surface area contributed by atoms with Gasteiger partial charge in [0.1, 0.15) is 9.63 Å². The van der Waals surface area contributed by atoms with Crippen molar-refractivity contribution in [2.75, 3.05) is 6.61 Å². The number of thiocarbonyl (C=S) groups is 1. The molecule has 3 nitrogen and oxygen atoms in total. The molecular weight excluding hydrogens is 300 g/mol. The number of fused-ring (bicyclic) bond motifs is 1. The number of hydrogen-bond donors (Lipinski definition) is 1. The Morgan fingerprint density at radius 2 is 2.11 bits per heavy atom.